The number of alkyl halides is 1. The third-order valence-corrected chi connectivity index (χ3v) is 2.94. The van der Waals surface area contributed by atoms with Crippen LogP contribution in [0, 0.1) is 0 Å². The third kappa shape index (κ3) is 4.92. The molecule has 5 atom stereocenters. The van der Waals surface area contributed by atoms with Crippen molar-refractivity contribution in [3.8, 4) is 0 Å². The number of aromatic nitrogens is 2. The maximum Gasteiger partial charge on any atom is 0.149 e. The lowest BCUT2D eigenvalue weighted by molar-refractivity contribution is -0.0790. The largest absolute Gasteiger partial charge is 0.394 e. The SMILES string of the molecule is OC[C@@H](O)[C@@H](O)[C@H](O)c1cnc(C[C@H](O)[C@H](F)CO)cn1. The average molecular weight is 306 g/mol. The van der Waals surface area contributed by atoms with Crippen LogP contribution in [0.3, 0.4) is 0 Å². The molecule has 0 bridgehead atoms. The number of nitrogens with zero attached hydrogens (tertiary/aromatic N) is 2. The van der Waals surface area contributed by atoms with Gasteiger partial charge in [0.25, 0.3) is 0 Å². The summed E-state index contributed by atoms with van der Waals surface area (Å²) in [4.78, 5) is 7.63. The first-order valence-electron chi connectivity index (χ1n) is 6.29. The Hall–Kier alpha value is -1.23. The van der Waals surface area contributed by atoms with E-state index in [0.717, 1.165) is 6.20 Å². The summed E-state index contributed by atoms with van der Waals surface area (Å²) in [5.74, 6) is 0. The van der Waals surface area contributed by atoms with Crippen molar-refractivity contribution in [2.24, 2.45) is 0 Å². The number of hydrogen-bond acceptors (Lipinski definition) is 8. The summed E-state index contributed by atoms with van der Waals surface area (Å²) in [6.07, 6.45) is -5.83. The normalized spacial score (nSPS) is 18.8. The van der Waals surface area contributed by atoms with Crippen molar-refractivity contribution in [3.63, 3.8) is 0 Å². The van der Waals surface area contributed by atoms with Gasteiger partial charge in [0.2, 0.25) is 0 Å². The topological polar surface area (TPSA) is 147 Å². The van der Waals surface area contributed by atoms with Crippen LogP contribution in [0.15, 0.2) is 12.4 Å². The van der Waals surface area contributed by atoms with Crippen LogP contribution in [-0.4, -0.2) is 78.3 Å². The molecule has 0 aliphatic rings. The van der Waals surface area contributed by atoms with E-state index in [4.69, 9.17) is 10.2 Å². The van der Waals surface area contributed by atoms with Crippen LogP contribution in [0.4, 0.5) is 4.39 Å². The molecule has 0 spiro atoms. The van der Waals surface area contributed by atoms with E-state index in [-0.39, 0.29) is 17.8 Å². The molecule has 9 heteroatoms. The summed E-state index contributed by atoms with van der Waals surface area (Å²) in [6, 6.07) is 0. The molecule has 0 amide bonds. The van der Waals surface area contributed by atoms with Crippen LogP contribution >= 0.6 is 0 Å². The van der Waals surface area contributed by atoms with Gasteiger partial charge in [-0.3, -0.25) is 9.97 Å². The molecule has 120 valence electrons. The molecule has 1 heterocycles. The van der Waals surface area contributed by atoms with Gasteiger partial charge in [0.1, 0.15) is 24.5 Å². The van der Waals surface area contributed by atoms with Crippen molar-refractivity contribution in [2.75, 3.05) is 13.2 Å². The second kappa shape index (κ2) is 8.27. The van der Waals surface area contributed by atoms with Crippen molar-refractivity contribution in [1.82, 2.24) is 9.97 Å². The molecule has 0 unspecified atom stereocenters. The monoisotopic (exact) mass is 306 g/mol. The fourth-order valence-electron chi connectivity index (χ4n) is 1.58. The lowest BCUT2D eigenvalue weighted by Crippen LogP contribution is -2.35. The maximum absolute atomic E-state index is 13.0. The molecule has 0 aliphatic carbocycles. The zero-order valence-corrected chi connectivity index (χ0v) is 11.1. The lowest BCUT2D eigenvalue weighted by atomic mass is 10.1. The predicted octanol–water partition coefficient (Wildman–Crippen LogP) is -2.54. The molecule has 0 aromatic carbocycles. The minimum atomic E-state index is -1.79. The van der Waals surface area contributed by atoms with E-state index >= 15 is 0 Å². The molecule has 0 fully saturated rings. The minimum absolute atomic E-state index is 0.0489. The minimum Gasteiger partial charge on any atom is -0.394 e. The second-order valence-corrected chi connectivity index (χ2v) is 4.59. The molecular formula is C12H19FN2O6. The van der Waals surface area contributed by atoms with Gasteiger partial charge in [-0.15, -0.1) is 0 Å². The van der Waals surface area contributed by atoms with Crippen molar-refractivity contribution < 1.29 is 35.0 Å². The third-order valence-electron chi connectivity index (χ3n) is 2.94. The van der Waals surface area contributed by atoms with Crippen molar-refractivity contribution in [3.05, 3.63) is 23.8 Å². The Bertz CT molecular complexity index is 421. The zero-order chi connectivity index (χ0) is 16.0. The van der Waals surface area contributed by atoms with Gasteiger partial charge < -0.3 is 30.6 Å². The van der Waals surface area contributed by atoms with Gasteiger partial charge in [-0.25, -0.2) is 4.39 Å². The molecule has 8 nitrogen and oxygen atoms in total. The number of hydrogen-bond donors (Lipinski definition) is 6. The smallest absolute Gasteiger partial charge is 0.149 e. The van der Waals surface area contributed by atoms with E-state index in [1.807, 2.05) is 0 Å². The molecule has 0 radical (unpaired) electrons. The van der Waals surface area contributed by atoms with Crippen LogP contribution in [0.25, 0.3) is 0 Å². The average Bonchev–Trinajstić information content (AvgIpc) is 2.52. The summed E-state index contributed by atoms with van der Waals surface area (Å²) < 4.78 is 13.0. The zero-order valence-electron chi connectivity index (χ0n) is 11.1. The highest BCUT2D eigenvalue weighted by atomic mass is 19.1. The molecule has 1 aromatic rings. The van der Waals surface area contributed by atoms with E-state index in [1.54, 1.807) is 0 Å². The van der Waals surface area contributed by atoms with E-state index in [9.17, 15) is 24.8 Å². The molecule has 6 N–H and O–H groups in total. The van der Waals surface area contributed by atoms with Gasteiger partial charge in [0.15, 0.2) is 0 Å². The first-order valence-corrected chi connectivity index (χ1v) is 6.29. The fourth-order valence-corrected chi connectivity index (χ4v) is 1.58. The van der Waals surface area contributed by atoms with Gasteiger partial charge in [-0.1, -0.05) is 0 Å². The van der Waals surface area contributed by atoms with E-state index in [2.05, 4.69) is 9.97 Å². The van der Waals surface area contributed by atoms with Crippen LogP contribution in [0.1, 0.15) is 17.5 Å². The van der Waals surface area contributed by atoms with Crippen LogP contribution in [0.5, 0.6) is 0 Å². The fraction of sp³-hybridized carbons (Fsp3) is 0.667. The van der Waals surface area contributed by atoms with E-state index < -0.39 is 43.8 Å². The molecular weight excluding hydrogens is 287 g/mol. The Morgan fingerprint density at radius 3 is 2.10 bits per heavy atom. The summed E-state index contributed by atoms with van der Waals surface area (Å²) in [5.41, 5.74) is 0.180. The number of halogens is 1. The summed E-state index contributed by atoms with van der Waals surface area (Å²) in [5, 5.41) is 55.1. The molecule has 21 heavy (non-hydrogen) atoms. The first kappa shape index (κ1) is 17.8. The van der Waals surface area contributed by atoms with Gasteiger partial charge in [0.05, 0.1) is 36.9 Å². The van der Waals surface area contributed by atoms with Crippen LogP contribution in [0.2, 0.25) is 0 Å². The standard InChI is InChI=1S/C12H19FN2O6/c13-7(4-16)9(18)1-6-2-15-8(3-14-6)11(20)12(21)10(19)5-17/h2-3,7,9-12,16-21H,1,4-5H2/t7-,9+,10-,11-,12-/m1/s1. The Morgan fingerprint density at radius 2 is 1.62 bits per heavy atom. The Labute approximate surface area is 120 Å². The Balaban J connectivity index is 2.69. The first-order chi connectivity index (χ1) is 9.90. The van der Waals surface area contributed by atoms with Crippen LogP contribution < -0.4 is 0 Å². The summed E-state index contributed by atoms with van der Waals surface area (Å²) >= 11 is 0. The van der Waals surface area contributed by atoms with Crippen molar-refractivity contribution in [2.45, 2.75) is 37.0 Å². The predicted molar refractivity (Wildman–Crippen MR) is 67.8 cm³/mol. The van der Waals surface area contributed by atoms with Gasteiger partial charge in [-0.2, -0.15) is 0 Å². The van der Waals surface area contributed by atoms with Gasteiger partial charge >= 0.3 is 0 Å². The molecule has 1 aromatic heterocycles. The highest BCUT2D eigenvalue weighted by molar-refractivity contribution is 5.08. The highest BCUT2D eigenvalue weighted by Gasteiger charge is 2.27. The molecule has 0 saturated carbocycles. The van der Waals surface area contributed by atoms with E-state index in [0.29, 0.717) is 0 Å². The highest BCUT2D eigenvalue weighted by Crippen LogP contribution is 2.16. The second-order valence-electron chi connectivity index (χ2n) is 4.59. The van der Waals surface area contributed by atoms with Gasteiger partial charge in [0, 0.05) is 12.6 Å². The quantitative estimate of drug-likeness (QED) is 0.308. The summed E-state index contributed by atoms with van der Waals surface area (Å²) in [6.45, 7) is -1.54. The Morgan fingerprint density at radius 1 is 0.952 bits per heavy atom. The number of rotatable bonds is 8. The molecule has 1 rings (SSSR count). The van der Waals surface area contributed by atoms with E-state index in [1.165, 1.54) is 6.20 Å². The summed E-state index contributed by atoms with van der Waals surface area (Å²) in [7, 11) is 0. The molecule has 0 aliphatic heterocycles. The van der Waals surface area contributed by atoms with Crippen molar-refractivity contribution >= 4 is 0 Å². The van der Waals surface area contributed by atoms with Crippen molar-refractivity contribution in [1.29, 1.82) is 0 Å². The Kier molecular flexibility index (Phi) is 7.02. The maximum atomic E-state index is 13.0. The van der Waals surface area contributed by atoms with Crippen LogP contribution in [-0.2, 0) is 6.42 Å². The van der Waals surface area contributed by atoms with Gasteiger partial charge in [-0.05, 0) is 0 Å². The molecule has 0 saturated heterocycles. The number of aliphatic hydroxyl groups is 6. The lowest BCUT2D eigenvalue weighted by Gasteiger charge is -2.21. The number of aliphatic hydroxyl groups excluding tert-OH is 6.